The summed E-state index contributed by atoms with van der Waals surface area (Å²) in [6.07, 6.45) is 3.76. The van der Waals surface area contributed by atoms with Crippen LogP contribution in [0.3, 0.4) is 0 Å². The Kier molecular flexibility index (Phi) is 4.17. The maximum absolute atomic E-state index is 12.9. The van der Waals surface area contributed by atoms with E-state index in [-0.39, 0.29) is 11.2 Å². The number of carbonyl (C=O) groups excluding carboxylic acids is 1. The van der Waals surface area contributed by atoms with Gasteiger partial charge in [0.15, 0.2) is 10.4 Å². The Labute approximate surface area is 115 Å². The van der Waals surface area contributed by atoms with E-state index >= 15 is 0 Å². The van der Waals surface area contributed by atoms with Gasteiger partial charge in [-0.25, -0.2) is 4.68 Å². The van der Waals surface area contributed by atoms with Gasteiger partial charge in [-0.15, -0.1) is 5.10 Å². The first-order valence-electron chi connectivity index (χ1n) is 6.41. The summed E-state index contributed by atoms with van der Waals surface area (Å²) in [4.78, 5) is 12.9. The molecule has 6 heteroatoms. The lowest BCUT2D eigenvalue weighted by Gasteiger charge is -2.36. The molecule has 0 aliphatic carbocycles. The molecule has 1 aromatic rings. The van der Waals surface area contributed by atoms with E-state index in [0.29, 0.717) is 10.3 Å². The van der Waals surface area contributed by atoms with Crippen molar-refractivity contribution in [2.45, 2.75) is 32.6 Å². The minimum absolute atomic E-state index is 0.185. The molecule has 100 valence electrons. The SMILES string of the molecule is CCCC1(C(=O)c2c(Br)nnn2C)CCNCC1. The van der Waals surface area contributed by atoms with E-state index in [1.807, 2.05) is 0 Å². The van der Waals surface area contributed by atoms with Crippen LogP contribution in [0.25, 0.3) is 0 Å². The van der Waals surface area contributed by atoms with Gasteiger partial charge in [0.1, 0.15) is 5.69 Å². The van der Waals surface area contributed by atoms with Gasteiger partial charge in [0.2, 0.25) is 0 Å². The number of Topliss-reactive ketones (excluding diaryl/α,β-unsaturated/α-hetero) is 1. The number of aromatic nitrogens is 3. The summed E-state index contributed by atoms with van der Waals surface area (Å²) in [5.41, 5.74) is 0.364. The van der Waals surface area contributed by atoms with Crippen molar-refractivity contribution in [1.29, 1.82) is 0 Å². The molecule has 1 aliphatic rings. The van der Waals surface area contributed by atoms with Gasteiger partial charge in [-0.1, -0.05) is 18.6 Å². The van der Waals surface area contributed by atoms with Gasteiger partial charge in [0.05, 0.1) is 0 Å². The topological polar surface area (TPSA) is 59.8 Å². The van der Waals surface area contributed by atoms with Gasteiger partial charge in [-0.05, 0) is 48.3 Å². The number of nitrogens with zero attached hydrogens (tertiary/aromatic N) is 3. The van der Waals surface area contributed by atoms with E-state index in [0.717, 1.165) is 38.8 Å². The highest BCUT2D eigenvalue weighted by Crippen LogP contribution is 2.38. The van der Waals surface area contributed by atoms with Gasteiger partial charge in [-0.2, -0.15) is 0 Å². The molecule has 0 amide bonds. The molecule has 2 rings (SSSR count). The van der Waals surface area contributed by atoms with Crippen LogP contribution in [0.1, 0.15) is 43.1 Å². The largest absolute Gasteiger partial charge is 0.317 e. The van der Waals surface area contributed by atoms with E-state index in [1.54, 1.807) is 11.7 Å². The van der Waals surface area contributed by atoms with Crippen molar-refractivity contribution in [2.24, 2.45) is 12.5 Å². The van der Waals surface area contributed by atoms with Gasteiger partial charge in [0.25, 0.3) is 0 Å². The summed E-state index contributed by atoms with van der Waals surface area (Å²) < 4.78 is 2.13. The van der Waals surface area contributed by atoms with E-state index in [1.165, 1.54) is 0 Å². The minimum atomic E-state index is -0.238. The summed E-state index contributed by atoms with van der Waals surface area (Å²) in [7, 11) is 1.77. The number of ketones is 1. The maximum atomic E-state index is 12.9. The summed E-state index contributed by atoms with van der Waals surface area (Å²) in [5.74, 6) is 0.185. The van der Waals surface area contributed by atoms with Crippen LogP contribution in [-0.4, -0.2) is 33.9 Å². The van der Waals surface area contributed by atoms with Crippen LogP contribution in [0.4, 0.5) is 0 Å². The fourth-order valence-electron chi connectivity index (χ4n) is 2.80. The van der Waals surface area contributed by atoms with Crippen molar-refractivity contribution >= 4 is 21.7 Å². The quantitative estimate of drug-likeness (QED) is 0.863. The predicted molar refractivity (Wildman–Crippen MR) is 72.5 cm³/mol. The van der Waals surface area contributed by atoms with Crippen molar-refractivity contribution in [2.75, 3.05) is 13.1 Å². The molecule has 0 spiro atoms. The average molecular weight is 315 g/mol. The van der Waals surface area contributed by atoms with Gasteiger partial charge in [-0.3, -0.25) is 4.79 Å². The molecule has 1 saturated heterocycles. The maximum Gasteiger partial charge on any atom is 0.189 e. The first kappa shape index (κ1) is 13.7. The highest BCUT2D eigenvalue weighted by Gasteiger charge is 2.41. The molecule has 0 aromatic carbocycles. The Bertz CT molecular complexity index is 412. The molecular weight excluding hydrogens is 296 g/mol. The zero-order chi connectivity index (χ0) is 13.2. The molecule has 5 nitrogen and oxygen atoms in total. The average Bonchev–Trinajstić information content (AvgIpc) is 2.70. The Morgan fingerprint density at radius 1 is 1.50 bits per heavy atom. The van der Waals surface area contributed by atoms with E-state index in [4.69, 9.17) is 0 Å². The number of nitrogens with one attached hydrogen (secondary N) is 1. The second-order valence-corrected chi connectivity index (χ2v) is 5.71. The van der Waals surface area contributed by atoms with Crippen molar-refractivity contribution in [3.63, 3.8) is 0 Å². The number of carbonyl (C=O) groups is 1. The number of hydrogen-bond donors (Lipinski definition) is 1. The van der Waals surface area contributed by atoms with Crippen LogP contribution in [0.5, 0.6) is 0 Å². The first-order chi connectivity index (χ1) is 8.60. The molecule has 1 N–H and O–H groups in total. The molecule has 18 heavy (non-hydrogen) atoms. The van der Waals surface area contributed by atoms with Crippen LogP contribution < -0.4 is 5.32 Å². The Morgan fingerprint density at radius 2 is 2.17 bits per heavy atom. The summed E-state index contributed by atoms with van der Waals surface area (Å²) in [5, 5.41) is 11.1. The highest BCUT2D eigenvalue weighted by molar-refractivity contribution is 9.10. The molecule has 0 bridgehead atoms. The summed E-state index contributed by atoms with van der Waals surface area (Å²) in [6.45, 7) is 3.96. The minimum Gasteiger partial charge on any atom is -0.317 e. The smallest absolute Gasteiger partial charge is 0.189 e. The fourth-order valence-corrected chi connectivity index (χ4v) is 3.31. The Balaban J connectivity index is 2.34. The van der Waals surface area contributed by atoms with Crippen LogP contribution in [0, 0.1) is 5.41 Å². The number of piperidine rings is 1. The molecule has 0 unspecified atom stereocenters. The zero-order valence-corrected chi connectivity index (χ0v) is 12.5. The lowest BCUT2D eigenvalue weighted by atomic mass is 9.71. The third kappa shape index (κ3) is 2.36. The predicted octanol–water partition coefficient (Wildman–Crippen LogP) is 1.93. The third-order valence-corrected chi connectivity index (χ3v) is 4.31. The standard InChI is InChI=1S/C12H19BrN4O/c1-3-4-12(5-7-14-8-6-12)10(18)9-11(13)15-16-17(9)2/h14H,3-8H2,1-2H3. The van der Waals surface area contributed by atoms with Crippen LogP contribution >= 0.6 is 15.9 Å². The third-order valence-electron chi connectivity index (χ3n) is 3.77. The monoisotopic (exact) mass is 314 g/mol. The van der Waals surface area contributed by atoms with Gasteiger partial charge >= 0.3 is 0 Å². The van der Waals surface area contributed by atoms with E-state index < -0.39 is 0 Å². The molecule has 1 aromatic heterocycles. The molecule has 1 aliphatic heterocycles. The van der Waals surface area contributed by atoms with Gasteiger partial charge in [0, 0.05) is 12.5 Å². The molecule has 0 atom stereocenters. The van der Waals surface area contributed by atoms with Crippen LogP contribution in [0.2, 0.25) is 0 Å². The number of hydrogen-bond acceptors (Lipinski definition) is 4. The first-order valence-corrected chi connectivity index (χ1v) is 7.21. The normalized spacial score (nSPS) is 18.8. The Morgan fingerprint density at radius 3 is 2.67 bits per heavy atom. The fraction of sp³-hybridized carbons (Fsp3) is 0.750. The lowest BCUT2D eigenvalue weighted by Crippen LogP contribution is -2.42. The zero-order valence-electron chi connectivity index (χ0n) is 10.9. The number of rotatable bonds is 4. The number of halogens is 1. The van der Waals surface area contributed by atoms with Gasteiger partial charge < -0.3 is 5.32 Å². The lowest BCUT2D eigenvalue weighted by molar-refractivity contribution is 0.0692. The molecule has 0 saturated carbocycles. The van der Waals surface area contributed by atoms with E-state index in [9.17, 15) is 4.79 Å². The molecule has 2 heterocycles. The number of aryl methyl sites for hydroxylation is 1. The van der Waals surface area contributed by atoms with E-state index in [2.05, 4.69) is 38.5 Å². The van der Waals surface area contributed by atoms with Crippen LogP contribution in [0.15, 0.2) is 4.60 Å². The summed E-state index contributed by atoms with van der Waals surface area (Å²) in [6, 6.07) is 0. The highest BCUT2D eigenvalue weighted by atomic mass is 79.9. The molecule has 0 radical (unpaired) electrons. The van der Waals surface area contributed by atoms with Crippen molar-refractivity contribution in [3.8, 4) is 0 Å². The van der Waals surface area contributed by atoms with Crippen molar-refractivity contribution in [3.05, 3.63) is 10.3 Å². The van der Waals surface area contributed by atoms with Crippen molar-refractivity contribution in [1.82, 2.24) is 20.3 Å². The molecule has 1 fully saturated rings. The summed E-state index contributed by atoms with van der Waals surface area (Å²) >= 11 is 3.33. The van der Waals surface area contributed by atoms with Crippen LogP contribution in [-0.2, 0) is 7.05 Å². The van der Waals surface area contributed by atoms with Crippen molar-refractivity contribution < 1.29 is 4.79 Å². The molecular formula is C12H19BrN4O. The second-order valence-electron chi connectivity index (χ2n) is 4.96. The Hall–Kier alpha value is -0.750. The second kappa shape index (κ2) is 5.48.